The van der Waals surface area contributed by atoms with Gasteiger partial charge >= 0.3 is 0 Å². The summed E-state index contributed by atoms with van der Waals surface area (Å²) in [6.07, 6.45) is 0.576. The van der Waals surface area contributed by atoms with Gasteiger partial charge in [0.25, 0.3) is 0 Å². The molecule has 1 amide bonds. The Labute approximate surface area is 157 Å². The van der Waals surface area contributed by atoms with E-state index in [-0.39, 0.29) is 29.1 Å². The number of nitrogens with one attached hydrogen (secondary N) is 1. The molecule has 1 atom stereocenters. The topological polar surface area (TPSA) is 94.0 Å². The Hall–Kier alpha value is -1.87. The summed E-state index contributed by atoms with van der Waals surface area (Å²) in [5.74, 6) is 0.971. The lowest BCUT2D eigenvalue weighted by Gasteiger charge is -2.10. The number of nitrogens with zero attached hydrogens (tertiary/aromatic N) is 3. The van der Waals surface area contributed by atoms with Gasteiger partial charge in [0.1, 0.15) is 5.82 Å². The molecular weight excluding hydrogens is 372 g/mol. The van der Waals surface area contributed by atoms with Crippen molar-refractivity contribution in [3.05, 3.63) is 35.2 Å². The summed E-state index contributed by atoms with van der Waals surface area (Å²) in [4.78, 5) is 12.2. The molecule has 9 heteroatoms. The van der Waals surface area contributed by atoms with Gasteiger partial charge < -0.3 is 9.88 Å². The number of rotatable bonds is 5. The van der Waals surface area contributed by atoms with Crippen LogP contribution < -0.4 is 5.32 Å². The number of anilines is 1. The summed E-state index contributed by atoms with van der Waals surface area (Å²) in [7, 11) is -1.16. The summed E-state index contributed by atoms with van der Waals surface area (Å²) in [5.41, 5.74) is 2.97. The summed E-state index contributed by atoms with van der Waals surface area (Å²) in [6.45, 7) is 3.97. The van der Waals surface area contributed by atoms with Crippen molar-refractivity contribution in [2.75, 3.05) is 22.6 Å². The van der Waals surface area contributed by atoms with Crippen molar-refractivity contribution in [2.45, 2.75) is 31.3 Å². The van der Waals surface area contributed by atoms with Crippen LogP contribution in [0.3, 0.4) is 0 Å². The molecule has 1 unspecified atom stereocenters. The Morgan fingerprint density at radius 3 is 2.77 bits per heavy atom. The standard InChI is InChI=1S/C17H22N4O3S2/c1-11-4-5-14(12(2)8-11)18-15(22)9-25-17-20-19-16(21(17)3)13-6-7-26(23,24)10-13/h4-5,8,13H,6-7,9-10H2,1-3H3,(H,18,22). The monoisotopic (exact) mass is 394 g/mol. The van der Waals surface area contributed by atoms with Crippen molar-refractivity contribution >= 4 is 33.2 Å². The molecule has 0 aliphatic carbocycles. The highest BCUT2D eigenvalue weighted by Gasteiger charge is 2.32. The molecule has 3 rings (SSSR count). The van der Waals surface area contributed by atoms with Crippen molar-refractivity contribution in [2.24, 2.45) is 7.05 Å². The van der Waals surface area contributed by atoms with Crippen molar-refractivity contribution in [3.63, 3.8) is 0 Å². The Morgan fingerprint density at radius 2 is 2.12 bits per heavy atom. The molecule has 140 valence electrons. The maximum atomic E-state index is 12.2. The Morgan fingerprint density at radius 1 is 1.35 bits per heavy atom. The highest BCUT2D eigenvalue weighted by Crippen LogP contribution is 2.29. The molecular formula is C17H22N4O3S2. The molecule has 1 aromatic carbocycles. The third-order valence-electron chi connectivity index (χ3n) is 4.45. The van der Waals surface area contributed by atoms with Crippen LogP contribution in [-0.4, -0.2) is 46.3 Å². The fraction of sp³-hybridized carbons (Fsp3) is 0.471. The van der Waals surface area contributed by atoms with Crippen LogP contribution in [0.25, 0.3) is 0 Å². The number of carbonyl (C=O) groups excluding carboxylic acids is 1. The van der Waals surface area contributed by atoms with Crippen LogP contribution in [0.1, 0.15) is 29.3 Å². The summed E-state index contributed by atoms with van der Waals surface area (Å²) < 4.78 is 25.1. The van der Waals surface area contributed by atoms with Crippen LogP contribution in [0, 0.1) is 13.8 Å². The summed E-state index contributed by atoms with van der Waals surface area (Å²) >= 11 is 1.29. The van der Waals surface area contributed by atoms with E-state index in [1.165, 1.54) is 11.8 Å². The van der Waals surface area contributed by atoms with Crippen LogP contribution >= 0.6 is 11.8 Å². The number of hydrogen-bond acceptors (Lipinski definition) is 6. The molecule has 26 heavy (non-hydrogen) atoms. The predicted molar refractivity (Wildman–Crippen MR) is 102 cm³/mol. The number of sulfone groups is 1. The quantitative estimate of drug-likeness (QED) is 0.780. The Kier molecular flexibility index (Phi) is 5.38. The minimum atomic E-state index is -2.97. The normalized spacial score (nSPS) is 18.8. The van der Waals surface area contributed by atoms with E-state index in [4.69, 9.17) is 0 Å². The van der Waals surface area contributed by atoms with E-state index in [0.29, 0.717) is 17.4 Å². The number of thioether (sulfide) groups is 1. The largest absolute Gasteiger partial charge is 0.325 e. The highest BCUT2D eigenvalue weighted by atomic mass is 32.2. The van der Waals surface area contributed by atoms with E-state index in [2.05, 4.69) is 15.5 Å². The third kappa shape index (κ3) is 4.27. The van der Waals surface area contributed by atoms with Gasteiger partial charge in [0.2, 0.25) is 5.91 Å². The van der Waals surface area contributed by atoms with E-state index < -0.39 is 9.84 Å². The molecule has 1 saturated heterocycles. The number of carbonyl (C=O) groups is 1. The molecule has 0 bridgehead atoms. The first-order chi connectivity index (χ1) is 12.2. The molecule has 7 nitrogen and oxygen atoms in total. The van der Waals surface area contributed by atoms with Crippen molar-refractivity contribution < 1.29 is 13.2 Å². The number of aryl methyl sites for hydroxylation is 2. The van der Waals surface area contributed by atoms with Crippen LogP contribution in [0.5, 0.6) is 0 Å². The second-order valence-electron chi connectivity index (χ2n) is 6.65. The third-order valence-corrected chi connectivity index (χ3v) is 7.24. The molecule has 2 heterocycles. The minimum absolute atomic E-state index is 0.115. The lowest BCUT2D eigenvalue weighted by molar-refractivity contribution is -0.113. The smallest absolute Gasteiger partial charge is 0.234 e. The predicted octanol–water partition coefficient (Wildman–Crippen LogP) is 2.06. The van der Waals surface area contributed by atoms with Gasteiger partial charge in [-0.3, -0.25) is 4.79 Å². The van der Waals surface area contributed by atoms with Crippen molar-refractivity contribution in [3.8, 4) is 0 Å². The lowest BCUT2D eigenvalue weighted by Crippen LogP contribution is -2.15. The highest BCUT2D eigenvalue weighted by molar-refractivity contribution is 7.99. The number of aromatic nitrogens is 3. The maximum absolute atomic E-state index is 12.2. The van der Waals surface area contributed by atoms with Crippen molar-refractivity contribution in [1.82, 2.24) is 14.8 Å². The first-order valence-corrected chi connectivity index (χ1v) is 11.2. The van der Waals surface area contributed by atoms with Crippen LogP contribution in [0.4, 0.5) is 5.69 Å². The number of hydrogen-bond donors (Lipinski definition) is 1. The van der Waals surface area contributed by atoms with Gasteiger partial charge in [-0.15, -0.1) is 10.2 Å². The van der Waals surface area contributed by atoms with E-state index in [0.717, 1.165) is 16.8 Å². The molecule has 1 fully saturated rings. The zero-order valence-electron chi connectivity index (χ0n) is 15.0. The molecule has 2 aromatic rings. The van der Waals surface area contributed by atoms with Crippen molar-refractivity contribution in [1.29, 1.82) is 0 Å². The van der Waals surface area contributed by atoms with Gasteiger partial charge in [0, 0.05) is 18.7 Å². The molecule has 0 saturated carbocycles. The van der Waals surface area contributed by atoms with E-state index in [1.807, 2.05) is 39.1 Å². The number of benzene rings is 1. The molecule has 1 aromatic heterocycles. The molecule has 1 aliphatic heterocycles. The van der Waals surface area contributed by atoms with E-state index in [1.54, 1.807) is 4.57 Å². The number of amides is 1. The Bertz CT molecular complexity index is 937. The zero-order valence-corrected chi connectivity index (χ0v) is 16.7. The van der Waals surface area contributed by atoms with E-state index in [9.17, 15) is 13.2 Å². The maximum Gasteiger partial charge on any atom is 0.234 e. The lowest BCUT2D eigenvalue weighted by atomic mass is 10.1. The van der Waals surface area contributed by atoms with Crippen LogP contribution in [0.2, 0.25) is 0 Å². The van der Waals surface area contributed by atoms with Gasteiger partial charge in [-0.1, -0.05) is 29.5 Å². The summed E-state index contributed by atoms with van der Waals surface area (Å²) in [5, 5.41) is 11.8. The van der Waals surface area contributed by atoms with Crippen LogP contribution in [-0.2, 0) is 21.7 Å². The zero-order chi connectivity index (χ0) is 18.9. The fourth-order valence-corrected chi connectivity index (χ4v) is 5.53. The van der Waals surface area contributed by atoms with Gasteiger partial charge in [-0.05, 0) is 31.9 Å². The van der Waals surface area contributed by atoms with Gasteiger partial charge in [-0.25, -0.2) is 8.42 Å². The fourth-order valence-electron chi connectivity index (χ4n) is 3.08. The second-order valence-corrected chi connectivity index (χ2v) is 9.83. The average molecular weight is 395 g/mol. The average Bonchev–Trinajstić information content (AvgIpc) is 3.10. The van der Waals surface area contributed by atoms with Gasteiger partial charge in [-0.2, -0.15) is 0 Å². The van der Waals surface area contributed by atoms with Gasteiger partial charge in [0.15, 0.2) is 15.0 Å². The molecule has 0 radical (unpaired) electrons. The first kappa shape index (κ1) is 18.9. The summed E-state index contributed by atoms with van der Waals surface area (Å²) in [6, 6.07) is 5.88. The molecule has 0 spiro atoms. The molecule has 1 aliphatic rings. The van der Waals surface area contributed by atoms with Crippen LogP contribution in [0.15, 0.2) is 23.4 Å². The first-order valence-electron chi connectivity index (χ1n) is 8.35. The van der Waals surface area contributed by atoms with E-state index >= 15 is 0 Å². The minimum Gasteiger partial charge on any atom is -0.325 e. The molecule has 1 N–H and O–H groups in total. The SMILES string of the molecule is Cc1ccc(NC(=O)CSc2nnc(C3CCS(=O)(=O)C3)n2C)c(C)c1. The van der Waals surface area contributed by atoms with Gasteiger partial charge in [0.05, 0.1) is 17.3 Å². The second kappa shape index (κ2) is 7.40. The Balaban J connectivity index is 1.60.